The van der Waals surface area contributed by atoms with E-state index >= 15 is 0 Å². The number of phenols is 1. The summed E-state index contributed by atoms with van der Waals surface area (Å²) in [7, 11) is 4.64. The van der Waals surface area contributed by atoms with Gasteiger partial charge < -0.3 is 24.1 Å². The van der Waals surface area contributed by atoms with Gasteiger partial charge in [0.05, 0.1) is 32.5 Å². The fourth-order valence-corrected chi connectivity index (χ4v) is 4.90. The van der Waals surface area contributed by atoms with E-state index in [0.29, 0.717) is 58.1 Å². The number of hydrogen-bond donors (Lipinski definition) is 1. The smallest absolute Gasteiger partial charge is 0.231 e. The summed E-state index contributed by atoms with van der Waals surface area (Å²) in [6.07, 6.45) is 2.83. The lowest BCUT2D eigenvalue weighted by Crippen LogP contribution is -2.38. The molecule has 2 aromatic carbocycles. The molecule has 0 spiro atoms. The number of methoxy groups -OCH3 is 3. The molecule has 0 aliphatic carbocycles. The number of Topliss-reactive ketones (excluding diaryl/α,β-unsaturated/α-hetero) is 1. The number of carbonyl (C=O) groups excluding carboxylic acids is 1. The van der Waals surface area contributed by atoms with Crippen LogP contribution in [0.3, 0.4) is 0 Å². The van der Waals surface area contributed by atoms with Crippen molar-refractivity contribution in [3.63, 3.8) is 0 Å². The van der Waals surface area contributed by atoms with Crippen LogP contribution in [0.4, 0.5) is 0 Å². The van der Waals surface area contributed by atoms with Gasteiger partial charge in [-0.15, -0.1) is 0 Å². The Morgan fingerprint density at radius 2 is 1.67 bits per heavy atom. The van der Waals surface area contributed by atoms with Gasteiger partial charge in [-0.25, -0.2) is 0 Å². The molecule has 2 aromatic rings. The number of allylic oxidation sites excluding steroid dienone is 1. The quantitative estimate of drug-likeness (QED) is 0.645. The summed E-state index contributed by atoms with van der Waals surface area (Å²) in [6, 6.07) is 6.63. The van der Waals surface area contributed by atoms with Crippen LogP contribution in [0.15, 0.2) is 30.0 Å². The normalized spacial score (nSPS) is 21.6. The number of phenolic OH excluding ortho intramolecular Hbond substituents is 1. The first kappa shape index (κ1) is 23.0. The van der Waals surface area contributed by atoms with Crippen molar-refractivity contribution >= 4 is 11.9 Å². The molecule has 0 bridgehead atoms. The largest absolute Gasteiger partial charge is 0.507 e. The molecule has 1 fully saturated rings. The van der Waals surface area contributed by atoms with Crippen molar-refractivity contribution in [2.75, 3.05) is 34.4 Å². The van der Waals surface area contributed by atoms with E-state index in [0.717, 1.165) is 13.1 Å². The molecule has 1 saturated heterocycles. The monoisotopic (exact) mass is 453 g/mol. The van der Waals surface area contributed by atoms with Crippen LogP contribution in [-0.2, 0) is 6.54 Å². The van der Waals surface area contributed by atoms with E-state index in [-0.39, 0.29) is 17.3 Å². The van der Waals surface area contributed by atoms with E-state index in [1.54, 1.807) is 51.7 Å². The predicted molar refractivity (Wildman–Crippen MR) is 125 cm³/mol. The number of likely N-dealkylation sites (tertiary alicyclic amines) is 1. The number of benzene rings is 2. The molecule has 2 atom stereocenters. The maximum Gasteiger partial charge on any atom is 0.231 e. The van der Waals surface area contributed by atoms with E-state index in [1.165, 1.54) is 6.42 Å². The van der Waals surface area contributed by atoms with Crippen LogP contribution >= 0.6 is 0 Å². The molecule has 176 valence electrons. The number of ether oxygens (including phenoxy) is 4. The first-order chi connectivity index (χ1) is 15.8. The molecule has 2 heterocycles. The Morgan fingerprint density at radius 3 is 2.30 bits per heavy atom. The van der Waals surface area contributed by atoms with Crippen molar-refractivity contribution in [2.24, 2.45) is 11.8 Å². The highest BCUT2D eigenvalue weighted by Gasteiger charge is 2.33. The number of rotatable bonds is 6. The lowest BCUT2D eigenvalue weighted by atomic mass is 9.91. The summed E-state index contributed by atoms with van der Waals surface area (Å²) in [4.78, 5) is 15.5. The Labute approximate surface area is 194 Å². The standard InChI is InChI=1S/C26H31NO6/c1-15-8-16(2)13-27(12-15)14-19-20(28)7-6-18-25(29)24(33-26(18)19)10-17-9-22(31-4)23(32-5)11-21(17)30-3/h6-7,9-11,15-16,28H,8,12-14H2,1-5H3/b24-10-/t15-,16-/m1/s1. The molecule has 1 N–H and O–H groups in total. The molecule has 0 aromatic heterocycles. The number of aromatic hydroxyl groups is 1. The van der Waals surface area contributed by atoms with Crippen LogP contribution in [0.5, 0.6) is 28.7 Å². The molecule has 7 nitrogen and oxygen atoms in total. The zero-order valence-corrected chi connectivity index (χ0v) is 19.8. The average Bonchev–Trinajstić information content (AvgIpc) is 3.10. The Bertz CT molecular complexity index is 1080. The number of ketones is 1. The minimum absolute atomic E-state index is 0.136. The second-order valence-corrected chi connectivity index (χ2v) is 8.97. The van der Waals surface area contributed by atoms with Crippen molar-refractivity contribution in [1.29, 1.82) is 0 Å². The van der Waals surface area contributed by atoms with Gasteiger partial charge in [0.15, 0.2) is 17.3 Å². The first-order valence-corrected chi connectivity index (χ1v) is 11.2. The fourth-order valence-electron chi connectivity index (χ4n) is 4.90. The maximum absolute atomic E-state index is 13.2. The summed E-state index contributed by atoms with van der Waals surface area (Å²) in [6.45, 7) is 6.93. The molecule has 4 rings (SSSR count). The van der Waals surface area contributed by atoms with E-state index in [2.05, 4.69) is 18.7 Å². The minimum Gasteiger partial charge on any atom is -0.507 e. The lowest BCUT2D eigenvalue weighted by molar-refractivity contribution is 0.101. The average molecular weight is 454 g/mol. The van der Waals surface area contributed by atoms with Gasteiger partial charge in [-0.05, 0) is 42.5 Å². The van der Waals surface area contributed by atoms with Gasteiger partial charge >= 0.3 is 0 Å². The fraction of sp³-hybridized carbons (Fsp3) is 0.423. The lowest BCUT2D eigenvalue weighted by Gasteiger charge is -2.35. The summed E-state index contributed by atoms with van der Waals surface area (Å²) in [5, 5.41) is 10.6. The van der Waals surface area contributed by atoms with Gasteiger partial charge in [-0.2, -0.15) is 0 Å². The van der Waals surface area contributed by atoms with E-state index in [4.69, 9.17) is 18.9 Å². The Hall–Kier alpha value is -3.19. The third kappa shape index (κ3) is 4.50. The van der Waals surface area contributed by atoms with Gasteiger partial charge in [0.2, 0.25) is 5.78 Å². The van der Waals surface area contributed by atoms with Gasteiger partial charge in [-0.1, -0.05) is 13.8 Å². The Kier molecular flexibility index (Phi) is 6.51. The van der Waals surface area contributed by atoms with E-state index in [9.17, 15) is 9.90 Å². The molecule has 7 heteroatoms. The maximum atomic E-state index is 13.2. The number of piperidine rings is 1. The van der Waals surface area contributed by atoms with Crippen molar-refractivity contribution in [3.8, 4) is 28.7 Å². The number of fused-ring (bicyclic) bond motifs is 1. The molecule has 0 amide bonds. The zero-order valence-electron chi connectivity index (χ0n) is 19.8. The highest BCUT2D eigenvalue weighted by atomic mass is 16.5. The van der Waals surface area contributed by atoms with Crippen LogP contribution in [0.1, 0.15) is 41.8 Å². The van der Waals surface area contributed by atoms with Crippen LogP contribution in [0, 0.1) is 11.8 Å². The second kappa shape index (κ2) is 9.35. The molecule has 0 saturated carbocycles. The Morgan fingerprint density at radius 1 is 1.03 bits per heavy atom. The van der Waals surface area contributed by atoms with Crippen molar-refractivity contribution < 1.29 is 28.8 Å². The van der Waals surface area contributed by atoms with Crippen LogP contribution in [0.25, 0.3) is 6.08 Å². The highest BCUT2D eigenvalue weighted by molar-refractivity contribution is 6.15. The molecule has 2 aliphatic heterocycles. The van der Waals surface area contributed by atoms with Gasteiger partial charge in [-0.3, -0.25) is 9.69 Å². The summed E-state index contributed by atoms with van der Waals surface area (Å²) < 4.78 is 22.3. The third-order valence-corrected chi connectivity index (χ3v) is 6.26. The number of nitrogens with zero attached hydrogens (tertiary/aromatic N) is 1. The van der Waals surface area contributed by atoms with Crippen LogP contribution in [0.2, 0.25) is 0 Å². The summed E-state index contributed by atoms with van der Waals surface area (Å²) >= 11 is 0. The molecular formula is C26H31NO6. The molecule has 2 aliphatic rings. The SMILES string of the molecule is COc1cc(OC)c(OC)cc1/C=C1\Oc2c(ccc(O)c2CN2C[C@H](C)C[C@@H](C)C2)C1=O. The van der Waals surface area contributed by atoms with Crippen LogP contribution in [-0.4, -0.2) is 50.2 Å². The number of carbonyl (C=O) groups is 1. The summed E-state index contributed by atoms with van der Waals surface area (Å²) in [5.41, 5.74) is 1.71. The Balaban J connectivity index is 1.68. The highest BCUT2D eigenvalue weighted by Crippen LogP contribution is 2.42. The molecule has 0 unspecified atom stereocenters. The van der Waals surface area contributed by atoms with Crippen molar-refractivity contribution in [1.82, 2.24) is 4.90 Å². The van der Waals surface area contributed by atoms with Gasteiger partial charge in [0.1, 0.15) is 17.2 Å². The molecular weight excluding hydrogens is 422 g/mol. The predicted octanol–water partition coefficient (Wildman–Crippen LogP) is 4.51. The van der Waals surface area contributed by atoms with E-state index < -0.39 is 0 Å². The van der Waals surface area contributed by atoms with Crippen molar-refractivity contribution in [2.45, 2.75) is 26.8 Å². The first-order valence-electron chi connectivity index (χ1n) is 11.2. The van der Waals surface area contributed by atoms with E-state index in [1.807, 2.05) is 0 Å². The van der Waals surface area contributed by atoms with Crippen molar-refractivity contribution in [3.05, 3.63) is 46.7 Å². The number of hydrogen-bond acceptors (Lipinski definition) is 7. The van der Waals surface area contributed by atoms with Gasteiger partial charge in [0, 0.05) is 31.3 Å². The molecule has 0 radical (unpaired) electrons. The van der Waals surface area contributed by atoms with Gasteiger partial charge in [0.25, 0.3) is 0 Å². The minimum atomic E-state index is -0.233. The topological polar surface area (TPSA) is 77.5 Å². The summed E-state index contributed by atoms with van der Waals surface area (Å²) in [5.74, 6) is 3.23. The molecule has 33 heavy (non-hydrogen) atoms. The van der Waals surface area contributed by atoms with Crippen LogP contribution < -0.4 is 18.9 Å². The third-order valence-electron chi connectivity index (χ3n) is 6.26. The second-order valence-electron chi connectivity index (χ2n) is 8.97. The zero-order chi connectivity index (χ0) is 23.7.